The number of halogens is 4. The van der Waals surface area contributed by atoms with Crippen LogP contribution in [0.3, 0.4) is 0 Å². The third-order valence-electron chi connectivity index (χ3n) is 4.70. The van der Waals surface area contributed by atoms with Crippen molar-refractivity contribution in [1.29, 1.82) is 0 Å². The van der Waals surface area contributed by atoms with Crippen molar-refractivity contribution in [1.82, 2.24) is 0 Å². The van der Waals surface area contributed by atoms with Gasteiger partial charge >= 0.3 is 0 Å². The molecule has 4 nitrogen and oxygen atoms in total. The summed E-state index contributed by atoms with van der Waals surface area (Å²) in [6, 6.07) is 25.3. The van der Waals surface area contributed by atoms with Crippen molar-refractivity contribution in [2.75, 3.05) is 11.5 Å². The van der Waals surface area contributed by atoms with Crippen molar-refractivity contribution in [2.24, 2.45) is 0 Å². The molecule has 4 aromatic rings. The van der Waals surface area contributed by atoms with Gasteiger partial charge in [0.2, 0.25) is 0 Å². The van der Waals surface area contributed by atoms with E-state index in [1.807, 2.05) is 36.4 Å². The van der Waals surface area contributed by atoms with E-state index in [0.29, 0.717) is 22.0 Å². The maximum absolute atomic E-state index is 12.2. The summed E-state index contributed by atoms with van der Waals surface area (Å²) in [5.41, 5.74) is 15.2. The largest absolute Gasteiger partial charge is 0.397 e. The van der Waals surface area contributed by atoms with Crippen LogP contribution in [-0.4, -0.2) is 4.89 Å². The molecule has 4 rings (SSSR count). The molecule has 0 saturated carbocycles. The molecule has 0 heterocycles. The Morgan fingerprint density at radius 3 is 1.12 bits per heavy atom. The number of benzene rings is 4. The molecule has 0 aliphatic heterocycles. The maximum Gasteiger partial charge on any atom is 0.258 e. The van der Waals surface area contributed by atoms with Gasteiger partial charge in [-0.3, -0.25) is 4.57 Å². The van der Waals surface area contributed by atoms with Crippen LogP contribution in [-0.2, 0) is 4.57 Å². The Morgan fingerprint density at radius 2 is 0.848 bits per heavy atom. The van der Waals surface area contributed by atoms with Crippen LogP contribution in [0.4, 0.5) is 11.4 Å². The van der Waals surface area contributed by atoms with E-state index in [4.69, 9.17) is 11.5 Å². The van der Waals surface area contributed by atoms with E-state index in [2.05, 4.69) is 63.7 Å². The lowest BCUT2D eigenvalue weighted by molar-refractivity contribution is 0.501. The SMILES string of the molecule is Nc1c(Br)cc(-c2cc(Br)c(N)c(Br)c2)cc1Br.O=P(O)(c1ccccc1)c1ccccc1. The maximum atomic E-state index is 12.2. The molecule has 0 aliphatic rings. The molecule has 0 saturated heterocycles. The minimum atomic E-state index is -3.40. The van der Waals surface area contributed by atoms with Crippen LogP contribution in [0.2, 0.25) is 0 Å². The van der Waals surface area contributed by atoms with Crippen LogP contribution in [0.25, 0.3) is 11.1 Å². The molecule has 0 radical (unpaired) electrons. The average molecular weight is 718 g/mol. The van der Waals surface area contributed by atoms with Gasteiger partial charge in [-0.05, 0) is 123 Å². The third-order valence-corrected chi connectivity index (χ3v) is 9.32. The van der Waals surface area contributed by atoms with Crippen molar-refractivity contribution >= 4 is 93.1 Å². The smallest absolute Gasteiger partial charge is 0.258 e. The molecule has 0 aliphatic carbocycles. The van der Waals surface area contributed by atoms with Crippen LogP contribution in [0, 0.1) is 0 Å². The Hall–Kier alpha value is -1.41. The fraction of sp³-hybridized carbons (Fsp3) is 0. The quantitative estimate of drug-likeness (QED) is 0.152. The molecule has 4 aromatic carbocycles. The summed E-state index contributed by atoms with van der Waals surface area (Å²) < 4.78 is 15.6. The van der Waals surface area contributed by atoms with Gasteiger partial charge in [-0.15, -0.1) is 0 Å². The number of hydrogen-bond donors (Lipinski definition) is 3. The molecule has 0 unspecified atom stereocenters. The first-order valence-electron chi connectivity index (χ1n) is 9.54. The molecule has 170 valence electrons. The molecule has 0 aromatic heterocycles. The zero-order chi connectivity index (χ0) is 24.2. The van der Waals surface area contributed by atoms with Gasteiger partial charge < -0.3 is 16.4 Å². The van der Waals surface area contributed by atoms with E-state index in [9.17, 15) is 9.46 Å². The number of rotatable bonds is 3. The van der Waals surface area contributed by atoms with Gasteiger partial charge in [-0.2, -0.15) is 0 Å². The molecule has 33 heavy (non-hydrogen) atoms. The third kappa shape index (κ3) is 6.38. The van der Waals surface area contributed by atoms with Crippen molar-refractivity contribution in [2.45, 2.75) is 0 Å². The lowest BCUT2D eigenvalue weighted by Gasteiger charge is -2.11. The predicted octanol–water partition coefficient (Wildman–Crippen LogP) is 7.48. The first-order valence-corrected chi connectivity index (χ1v) is 14.4. The topological polar surface area (TPSA) is 89.3 Å². The van der Waals surface area contributed by atoms with Crippen LogP contribution in [0.5, 0.6) is 0 Å². The van der Waals surface area contributed by atoms with Gasteiger partial charge in [0, 0.05) is 28.5 Å². The second-order valence-electron chi connectivity index (χ2n) is 6.95. The second kappa shape index (κ2) is 11.3. The normalized spacial score (nSPS) is 10.9. The van der Waals surface area contributed by atoms with Crippen LogP contribution < -0.4 is 22.1 Å². The van der Waals surface area contributed by atoms with Crippen molar-refractivity contribution < 1.29 is 9.46 Å². The standard InChI is InChI=1S/C12H8Br4N2.C12H11O2P/c13-7-1-5(2-8(14)11(7)17)6-3-9(15)12(18)10(16)4-6;13-15(14,11-7-3-1-4-8-11)12-9-5-2-6-10-12/h1-4H,17-18H2;1-10H,(H,13,14). The van der Waals surface area contributed by atoms with E-state index < -0.39 is 7.37 Å². The Kier molecular flexibility index (Phi) is 9.01. The molecule has 9 heteroatoms. The summed E-state index contributed by atoms with van der Waals surface area (Å²) in [6.07, 6.45) is 0. The predicted molar refractivity (Wildman–Crippen MR) is 153 cm³/mol. The van der Waals surface area contributed by atoms with Gasteiger partial charge in [0.1, 0.15) is 0 Å². The number of anilines is 2. The van der Waals surface area contributed by atoms with E-state index in [-0.39, 0.29) is 0 Å². The van der Waals surface area contributed by atoms with Crippen LogP contribution >= 0.6 is 71.1 Å². The lowest BCUT2D eigenvalue weighted by Crippen LogP contribution is -2.14. The molecule has 0 fully saturated rings. The number of hydrogen-bond acceptors (Lipinski definition) is 3. The first kappa shape index (κ1) is 26.2. The Bertz CT molecular complexity index is 1170. The zero-order valence-electron chi connectivity index (χ0n) is 17.1. The summed E-state index contributed by atoms with van der Waals surface area (Å²) >= 11 is 13.8. The highest BCUT2D eigenvalue weighted by molar-refractivity contribution is 9.11. The van der Waals surface area contributed by atoms with Crippen LogP contribution in [0.1, 0.15) is 0 Å². The van der Waals surface area contributed by atoms with E-state index in [1.54, 1.807) is 48.5 Å². The first-order chi connectivity index (χ1) is 15.6. The average Bonchev–Trinajstić information content (AvgIpc) is 2.82. The lowest BCUT2D eigenvalue weighted by atomic mass is 10.1. The summed E-state index contributed by atoms with van der Waals surface area (Å²) in [6.45, 7) is 0. The number of nitrogen functional groups attached to an aromatic ring is 2. The Balaban J connectivity index is 0.000000189. The van der Waals surface area contributed by atoms with Gasteiger partial charge in [-0.25, -0.2) is 0 Å². The fourth-order valence-electron chi connectivity index (χ4n) is 2.91. The summed E-state index contributed by atoms with van der Waals surface area (Å²) in [5.74, 6) is 0. The molecule has 0 bridgehead atoms. The minimum absolute atomic E-state index is 0.469. The Labute approximate surface area is 226 Å². The summed E-state index contributed by atoms with van der Waals surface area (Å²) in [4.78, 5) is 10.0. The van der Waals surface area contributed by atoms with Gasteiger partial charge in [0.05, 0.1) is 11.4 Å². The van der Waals surface area contributed by atoms with Gasteiger partial charge in [0.25, 0.3) is 7.37 Å². The molecule has 0 atom stereocenters. The highest BCUT2D eigenvalue weighted by Crippen LogP contribution is 2.39. The van der Waals surface area contributed by atoms with E-state index in [1.165, 1.54) is 0 Å². The summed E-state index contributed by atoms with van der Waals surface area (Å²) in [5, 5.41) is 0.937. The van der Waals surface area contributed by atoms with Gasteiger partial charge in [0.15, 0.2) is 0 Å². The molecule has 0 amide bonds. The van der Waals surface area contributed by atoms with E-state index >= 15 is 0 Å². The number of nitrogens with two attached hydrogens (primary N) is 2. The Morgan fingerprint density at radius 1 is 0.576 bits per heavy atom. The van der Waals surface area contributed by atoms with Crippen molar-refractivity contribution in [3.63, 3.8) is 0 Å². The highest BCUT2D eigenvalue weighted by atomic mass is 79.9. The van der Waals surface area contributed by atoms with E-state index in [0.717, 1.165) is 29.0 Å². The second-order valence-corrected chi connectivity index (χ2v) is 12.6. The minimum Gasteiger partial charge on any atom is -0.397 e. The molecular weight excluding hydrogens is 699 g/mol. The molecule has 5 N–H and O–H groups in total. The monoisotopic (exact) mass is 714 g/mol. The summed E-state index contributed by atoms with van der Waals surface area (Å²) in [7, 11) is -3.40. The van der Waals surface area contributed by atoms with Crippen molar-refractivity contribution in [3.8, 4) is 11.1 Å². The van der Waals surface area contributed by atoms with Crippen molar-refractivity contribution in [3.05, 3.63) is 103 Å². The molecule has 0 spiro atoms. The highest BCUT2D eigenvalue weighted by Gasteiger charge is 2.22. The van der Waals surface area contributed by atoms with Crippen LogP contribution in [0.15, 0.2) is 103 Å². The zero-order valence-corrected chi connectivity index (χ0v) is 24.3. The van der Waals surface area contributed by atoms with Gasteiger partial charge in [-0.1, -0.05) is 36.4 Å². The fourth-order valence-corrected chi connectivity index (χ4v) is 6.73. The molecular formula is C24H19Br4N2O2P.